The van der Waals surface area contributed by atoms with Crippen molar-refractivity contribution in [1.82, 2.24) is 0 Å². The second kappa shape index (κ2) is 15.3. The van der Waals surface area contributed by atoms with E-state index in [9.17, 15) is 25.9 Å². The number of fused-ring (bicyclic) bond motifs is 3. The summed E-state index contributed by atoms with van der Waals surface area (Å²) in [6, 6.07) is 17.7. The first-order chi connectivity index (χ1) is 20.9. The van der Waals surface area contributed by atoms with E-state index in [1.165, 1.54) is 0 Å². The second-order valence-corrected chi connectivity index (χ2v) is 15.2. The Balaban J connectivity index is 0.00000461. The van der Waals surface area contributed by atoms with Crippen LogP contribution in [0.25, 0.3) is 27.1 Å². The molecular weight excluding hydrogens is 667 g/mol. The van der Waals surface area contributed by atoms with Gasteiger partial charge in [-0.15, -0.1) is 0 Å². The number of nitrogens with zero attached hydrogens (tertiary/aromatic N) is 2. The number of ether oxygens (including phenoxy) is 1. The molecule has 0 saturated heterocycles. The van der Waals surface area contributed by atoms with Crippen LogP contribution in [0.15, 0.2) is 72.1 Å². The molecule has 2 heterocycles. The molecule has 0 amide bonds. The number of anilines is 1. The van der Waals surface area contributed by atoms with Crippen LogP contribution in [0.2, 0.25) is 5.02 Å². The van der Waals surface area contributed by atoms with Crippen molar-refractivity contribution in [1.29, 1.82) is 0 Å². The summed E-state index contributed by atoms with van der Waals surface area (Å²) in [7, 11) is -8.32. The third-order valence-electron chi connectivity index (χ3n) is 7.38. The van der Waals surface area contributed by atoms with Gasteiger partial charge >= 0.3 is 29.6 Å². The average Bonchev–Trinajstić information content (AvgIpc) is 3.46. The maximum Gasteiger partial charge on any atom is 1.00 e. The van der Waals surface area contributed by atoms with E-state index in [0.717, 1.165) is 37.3 Å². The monoisotopic (exact) mass is 699 g/mol. The second-order valence-electron chi connectivity index (χ2n) is 10.6. The molecule has 0 saturated carbocycles. The number of unbranched alkanes of at least 4 members (excludes halogenated alkanes) is 2. The maximum atomic E-state index is 11.3. The minimum Gasteiger partial charge on any atom is -0.748 e. The molecule has 5 rings (SSSR count). The Kier molecular flexibility index (Phi) is 12.2. The van der Waals surface area contributed by atoms with Crippen molar-refractivity contribution >= 4 is 75.9 Å². The van der Waals surface area contributed by atoms with Crippen LogP contribution in [-0.4, -0.2) is 44.0 Å². The van der Waals surface area contributed by atoms with Gasteiger partial charge in [0.1, 0.15) is 4.70 Å². The van der Waals surface area contributed by atoms with Gasteiger partial charge in [0, 0.05) is 42.0 Å². The van der Waals surface area contributed by atoms with Crippen LogP contribution >= 0.6 is 22.9 Å². The van der Waals surface area contributed by atoms with Crippen LogP contribution in [0.3, 0.4) is 0 Å². The summed E-state index contributed by atoms with van der Waals surface area (Å²) < 4.78 is 74.6. The molecule has 1 N–H and O–H groups in total. The molecule has 4 aromatic rings. The zero-order valence-corrected chi connectivity index (χ0v) is 30.3. The van der Waals surface area contributed by atoms with Crippen LogP contribution in [0, 0.1) is 0 Å². The van der Waals surface area contributed by atoms with Crippen molar-refractivity contribution in [2.24, 2.45) is 0 Å². The molecule has 14 heteroatoms. The fourth-order valence-electron chi connectivity index (χ4n) is 5.20. The third-order valence-corrected chi connectivity index (χ3v) is 10.3. The van der Waals surface area contributed by atoms with Crippen molar-refractivity contribution in [3.63, 3.8) is 0 Å². The maximum absolute atomic E-state index is 11.3. The normalized spacial score (nSPS) is 14.6. The molecule has 9 nitrogen and oxygen atoms in total. The topological polar surface area (TPSA) is 128 Å². The molecule has 0 bridgehead atoms. The van der Waals surface area contributed by atoms with Crippen molar-refractivity contribution in [3.05, 3.63) is 82.2 Å². The fraction of sp³-hybridized carbons (Fsp3) is 0.323. The van der Waals surface area contributed by atoms with E-state index in [4.69, 9.17) is 16.3 Å². The number of thiazole rings is 1. The van der Waals surface area contributed by atoms with Gasteiger partial charge in [-0.25, -0.2) is 8.42 Å². The van der Waals surface area contributed by atoms with E-state index < -0.39 is 26.0 Å². The van der Waals surface area contributed by atoms with E-state index in [2.05, 4.69) is 16.7 Å². The average molecular weight is 700 g/mol. The molecule has 234 valence electrons. The summed E-state index contributed by atoms with van der Waals surface area (Å²) in [5.74, 6) is 0.620. The van der Waals surface area contributed by atoms with E-state index >= 15 is 0 Å². The number of aromatic nitrogens is 1. The summed E-state index contributed by atoms with van der Waals surface area (Å²) >= 11 is 7.91. The van der Waals surface area contributed by atoms with Gasteiger partial charge in [0.05, 0.1) is 21.6 Å². The summed E-state index contributed by atoms with van der Waals surface area (Å²) in [5, 5.41) is 3.63. The Morgan fingerprint density at radius 2 is 1.73 bits per heavy atom. The largest absolute Gasteiger partial charge is 1.00 e. The predicted molar refractivity (Wildman–Crippen MR) is 175 cm³/mol. The zero-order valence-electron chi connectivity index (χ0n) is 25.1. The Morgan fingerprint density at radius 1 is 1.02 bits per heavy atom. The van der Waals surface area contributed by atoms with E-state index in [0.29, 0.717) is 55.4 Å². The first-order valence-corrected chi connectivity index (χ1v) is 18.7. The van der Waals surface area contributed by atoms with Crippen molar-refractivity contribution in [2.45, 2.75) is 45.6 Å². The zero-order chi connectivity index (χ0) is 31.5. The van der Waals surface area contributed by atoms with E-state index in [-0.39, 0.29) is 41.7 Å². The first kappa shape index (κ1) is 35.8. The molecular formula is C31H33ClN2NaO7S3+. The van der Waals surface area contributed by atoms with E-state index in [1.807, 2.05) is 66.4 Å². The summed E-state index contributed by atoms with van der Waals surface area (Å²) in [5.41, 5.74) is 2.80. The Bertz CT molecular complexity index is 1980. The number of hydrogen-bond donors (Lipinski definition) is 1. The van der Waals surface area contributed by atoms with Gasteiger partial charge in [-0.3, -0.25) is 4.55 Å². The number of hydrogen-bond acceptors (Lipinski definition) is 8. The van der Waals surface area contributed by atoms with Gasteiger partial charge in [0.15, 0.2) is 12.3 Å². The molecule has 0 spiro atoms. The molecule has 3 aromatic carbocycles. The molecule has 0 unspecified atom stereocenters. The summed E-state index contributed by atoms with van der Waals surface area (Å²) in [6.45, 7) is 3.06. The van der Waals surface area contributed by atoms with Gasteiger partial charge in [-0.05, 0) is 66.3 Å². The van der Waals surface area contributed by atoms with Crippen LogP contribution in [0.1, 0.15) is 44.0 Å². The standard InChI is InChI=1S/C31H33ClN2O7S3.Na/c1-2-22(18-31-34(14-6-8-16-44(38,39)40)27-21-25(32)11-12-29(27)42-31)17-30-33(13-5-7-15-43(35,36)37)26-19-23-9-3-4-10-24(23)20-28(26)41-30;/h3-4,9-12,17-21H,2,5-8,13-16H2,1H3,(H-,35,36,37,38,39,40);/q;+1. The molecule has 1 aliphatic rings. The minimum atomic E-state index is -4.28. The SMILES string of the molecule is CCC(=Cc1sc2ccc(Cl)cc2[n+]1CCCCS(=O)(=O)[O-])C=C1Oc2cc3ccccc3cc2N1CCCCS(=O)(=O)O.[Na+]. The first-order valence-electron chi connectivity index (χ1n) is 14.3. The van der Waals surface area contributed by atoms with Crippen LogP contribution < -0.4 is 43.8 Å². The minimum absolute atomic E-state index is 0. The molecule has 0 radical (unpaired) electrons. The molecule has 1 aliphatic heterocycles. The van der Waals surface area contributed by atoms with Gasteiger partial charge < -0.3 is 14.2 Å². The number of benzene rings is 3. The Labute approximate surface area is 294 Å². The van der Waals surface area contributed by atoms with Crippen LogP contribution in [-0.2, 0) is 26.8 Å². The smallest absolute Gasteiger partial charge is 0.748 e. The Hall–Kier alpha value is -2.00. The van der Waals surface area contributed by atoms with E-state index in [1.54, 1.807) is 11.3 Å². The fourth-order valence-corrected chi connectivity index (χ4v) is 7.64. The van der Waals surface area contributed by atoms with Gasteiger partial charge in [0.25, 0.3) is 15.1 Å². The summed E-state index contributed by atoms with van der Waals surface area (Å²) in [4.78, 5) is 2.04. The molecule has 0 aliphatic carbocycles. The quantitative estimate of drug-likeness (QED) is 0.0973. The summed E-state index contributed by atoms with van der Waals surface area (Å²) in [6.07, 6.45) is 6.35. The van der Waals surface area contributed by atoms with Gasteiger partial charge in [0.2, 0.25) is 11.4 Å². The van der Waals surface area contributed by atoms with Crippen molar-refractivity contribution in [2.75, 3.05) is 23.0 Å². The Morgan fingerprint density at radius 3 is 2.42 bits per heavy atom. The predicted octanol–water partition coefficient (Wildman–Crippen LogP) is 3.53. The van der Waals surface area contributed by atoms with Crippen LogP contribution in [0.4, 0.5) is 5.69 Å². The van der Waals surface area contributed by atoms with Gasteiger partial charge in [-0.2, -0.15) is 13.0 Å². The number of aryl methyl sites for hydroxylation is 1. The molecule has 0 fully saturated rings. The van der Waals surface area contributed by atoms with Gasteiger partial charge in [-0.1, -0.05) is 54.1 Å². The van der Waals surface area contributed by atoms with Crippen LogP contribution in [0.5, 0.6) is 5.75 Å². The molecule has 0 atom stereocenters. The van der Waals surface area contributed by atoms with Crippen molar-refractivity contribution in [3.8, 4) is 5.75 Å². The molecule has 45 heavy (non-hydrogen) atoms. The number of rotatable bonds is 13. The molecule has 1 aromatic heterocycles. The third kappa shape index (κ3) is 9.52. The number of allylic oxidation sites excluding steroid dienone is 2. The van der Waals surface area contributed by atoms with Crippen molar-refractivity contribution < 1.29 is 64.8 Å². The number of halogens is 1.